The van der Waals surface area contributed by atoms with E-state index in [0.717, 1.165) is 32.5 Å². The Kier molecular flexibility index (Phi) is 6.16. The van der Waals surface area contributed by atoms with E-state index in [1.54, 1.807) is 19.1 Å². The molecule has 0 aromatic heterocycles. The number of hydrogen-bond donors (Lipinski definition) is 2. The Morgan fingerprint density at radius 2 is 1.91 bits per heavy atom. The summed E-state index contributed by atoms with van der Waals surface area (Å²) < 4.78 is 5.31. The van der Waals surface area contributed by atoms with Gasteiger partial charge in [0.2, 0.25) is 5.91 Å². The molecule has 0 bridgehead atoms. The molecular formula is C18H25NO4. The summed E-state index contributed by atoms with van der Waals surface area (Å²) in [6.07, 6.45) is 3.29. The van der Waals surface area contributed by atoms with Gasteiger partial charge in [-0.3, -0.25) is 9.59 Å². The highest BCUT2D eigenvalue weighted by Gasteiger charge is 2.35. The van der Waals surface area contributed by atoms with Crippen molar-refractivity contribution in [3.05, 3.63) is 35.9 Å². The first kappa shape index (κ1) is 17.5. The van der Waals surface area contributed by atoms with E-state index >= 15 is 0 Å². The number of aliphatic carboxylic acids is 1. The van der Waals surface area contributed by atoms with Crippen LogP contribution in [0.5, 0.6) is 0 Å². The Balaban J connectivity index is 1.86. The van der Waals surface area contributed by atoms with Crippen molar-refractivity contribution in [2.45, 2.75) is 38.0 Å². The molecule has 5 heteroatoms. The van der Waals surface area contributed by atoms with Crippen LogP contribution in [0.25, 0.3) is 0 Å². The summed E-state index contributed by atoms with van der Waals surface area (Å²) >= 11 is 0. The smallest absolute Gasteiger partial charge is 0.315 e. The summed E-state index contributed by atoms with van der Waals surface area (Å²) in [6, 6.07) is 9.02. The zero-order valence-electron chi connectivity index (χ0n) is 13.6. The van der Waals surface area contributed by atoms with Gasteiger partial charge in [0, 0.05) is 26.2 Å². The lowest BCUT2D eigenvalue weighted by molar-refractivity contribution is -0.143. The molecule has 1 atom stereocenters. The van der Waals surface area contributed by atoms with Crippen LogP contribution in [-0.2, 0) is 19.7 Å². The molecule has 1 heterocycles. The van der Waals surface area contributed by atoms with Gasteiger partial charge in [-0.1, -0.05) is 30.3 Å². The highest BCUT2D eigenvalue weighted by atomic mass is 16.5. The second-order valence-electron chi connectivity index (χ2n) is 6.37. The van der Waals surface area contributed by atoms with Gasteiger partial charge in [0.1, 0.15) is 5.41 Å². The minimum atomic E-state index is -1.12. The molecule has 0 aliphatic carbocycles. The second kappa shape index (κ2) is 8.11. The topological polar surface area (TPSA) is 75.6 Å². The Hall–Kier alpha value is -1.88. The Labute approximate surface area is 137 Å². The zero-order chi connectivity index (χ0) is 16.7. The maximum atomic E-state index is 12.1. The summed E-state index contributed by atoms with van der Waals surface area (Å²) in [5.74, 6) is -0.484. The van der Waals surface area contributed by atoms with E-state index in [1.165, 1.54) is 0 Å². The SMILES string of the molecule is CC(CNC(=O)CCC1CCOCC1)(C(=O)O)c1ccccc1. The highest BCUT2D eigenvalue weighted by molar-refractivity contribution is 5.83. The molecular weight excluding hydrogens is 294 g/mol. The molecule has 23 heavy (non-hydrogen) atoms. The first-order valence-corrected chi connectivity index (χ1v) is 8.16. The van der Waals surface area contributed by atoms with E-state index in [-0.39, 0.29) is 12.5 Å². The maximum absolute atomic E-state index is 12.1. The Morgan fingerprint density at radius 3 is 2.52 bits per heavy atom. The van der Waals surface area contributed by atoms with Gasteiger partial charge >= 0.3 is 5.97 Å². The summed E-state index contributed by atoms with van der Waals surface area (Å²) in [4.78, 5) is 23.7. The average Bonchev–Trinajstić information content (AvgIpc) is 2.59. The molecule has 1 amide bonds. The van der Waals surface area contributed by atoms with Gasteiger partial charge < -0.3 is 15.2 Å². The summed E-state index contributed by atoms with van der Waals surface area (Å²) in [5, 5.41) is 12.4. The molecule has 1 saturated heterocycles. The van der Waals surface area contributed by atoms with E-state index in [0.29, 0.717) is 17.9 Å². The molecule has 1 aliphatic rings. The molecule has 1 aromatic carbocycles. The van der Waals surface area contributed by atoms with Crippen LogP contribution in [0.2, 0.25) is 0 Å². The minimum absolute atomic E-state index is 0.0834. The number of ether oxygens (including phenoxy) is 1. The number of carbonyl (C=O) groups excluding carboxylic acids is 1. The standard InChI is InChI=1S/C18H25NO4/c1-18(17(21)22,15-5-3-2-4-6-15)13-19-16(20)8-7-14-9-11-23-12-10-14/h2-6,14H,7-13H2,1H3,(H,19,20)(H,21,22). The van der Waals surface area contributed by atoms with Crippen LogP contribution in [0.4, 0.5) is 0 Å². The summed E-state index contributed by atoms with van der Waals surface area (Å²) in [5.41, 5.74) is -0.424. The number of amides is 1. The number of carbonyl (C=O) groups is 2. The first-order chi connectivity index (χ1) is 11.0. The van der Waals surface area contributed by atoms with Crippen molar-refractivity contribution in [3.8, 4) is 0 Å². The molecule has 1 fully saturated rings. The van der Waals surface area contributed by atoms with Gasteiger partial charge in [-0.25, -0.2) is 0 Å². The van der Waals surface area contributed by atoms with Gasteiger partial charge in [0.05, 0.1) is 0 Å². The fourth-order valence-corrected chi connectivity index (χ4v) is 2.84. The molecule has 0 saturated carbocycles. The van der Waals surface area contributed by atoms with Crippen LogP contribution in [-0.4, -0.2) is 36.7 Å². The predicted octanol–water partition coefficient (Wildman–Crippen LogP) is 2.35. The Morgan fingerprint density at radius 1 is 1.26 bits per heavy atom. The van der Waals surface area contributed by atoms with Gasteiger partial charge in [-0.15, -0.1) is 0 Å². The summed E-state index contributed by atoms with van der Waals surface area (Å²) in [6.45, 7) is 3.29. The fraction of sp³-hybridized carbons (Fsp3) is 0.556. The number of benzene rings is 1. The number of nitrogens with one attached hydrogen (secondary N) is 1. The van der Waals surface area contributed by atoms with Crippen LogP contribution < -0.4 is 5.32 Å². The zero-order valence-corrected chi connectivity index (χ0v) is 13.6. The molecule has 126 valence electrons. The minimum Gasteiger partial charge on any atom is -0.481 e. The average molecular weight is 319 g/mol. The van der Waals surface area contributed by atoms with Gasteiger partial charge in [0.15, 0.2) is 0 Å². The fourth-order valence-electron chi connectivity index (χ4n) is 2.84. The number of rotatable bonds is 7. The third-order valence-corrected chi connectivity index (χ3v) is 4.64. The van der Waals surface area contributed by atoms with Crippen molar-refractivity contribution in [3.63, 3.8) is 0 Å². The van der Waals surface area contributed by atoms with Crippen LogP contribution in [0.15, 0.2) is 30.3 Å². The molecule has 1 unspecified atom stereocenters. The van der Waals surface area contributed by atoms with Crippen molar-refractivity contribution in [1.29, 1.82) is 0 Å². The molecule has 0 spiro atoms. The van der Waals surface area contributed by atoms with E-state index in [9.17, 15) is 14.7 Å². The quantitative estimate of drug-likeness (QED) is 0.809. The van der Waals surface area contributed by atoms with Crippen LogP contribution >= 0.6 is 0 Å². The van der Waals surface area contributed by atoms with Crippen molar-refractivity contribution in [1.82, 2.24) is 5.32 Å². The van der Waals surface area contributed by atoms with Gasteiger partial charge in [0.25, 0.3) is 0 Å². The van der Waals surface area contributed by atoms with Gasteiger partial charge in [-0.2, -0.15) is 0 Å². The second-order valence-corrected chi connectivity index (χ2v) is 6.37. The number of hydrogen-bond acceptors (Lipinski definition) is 3. The number of carboxylic acids is 1. The van der Waals surface area contributed by atoms with E-state index in [2.05, 4.69) is 5.32 Å². The van der Waals surface area contributed by atoms with E-state index < -0.39 is 11.4 Å². The molecule has 1 aliphatic heterocycles. The largest absolute Gasteiger partial charge is 0.481 e. The van der Waals surface area contributed by atoms with Crippen LogP contribution in [0.3, 0.4) is 0 Å². The predicted molar refractivity (Wildman–Crippen MR) is 87.2 cm³/mol. The molecule has 1 aromatic rings. The van der Waals surface area contributed by atoms with Crippen LogP contribution in [0, 0.1) is 5.92 Å². The molecule has 5 nitrogen and oxygen atoms in total. The first-order valence-electron chi connectivity index (χ1n) is 8.16. The number of carboxylic acid groups (broad SMARTS) is 1. The van der Waals surface area contributed by atoms with E-state index in [1.807, 2.05) is 18.2 Å². The lowest BCUT2D eigenvalue weighted by atomic mass is 9.82. The van der Waals surface area contributed by atoms with Crippen LogP contribution in [0.1, 0.15) is 38.2 Å². The normalized spacial score (nSPS) is 18.1. The summed E-state index contributed by atoms with van der Waals surface area (Å²) in [7, 11) is 0. The van der Waals surface area contributed by atoms with Crippen molar-refractivity contribution < 1.29 is 19.4 Å². The lowest BCUT2D eigenvalue weighted by Gasteiger charge is -2.26. The molecule has 2 rings (SSSR count). The third-order valence-electron chi connectivity index (χ3n) is 4.64. The van der Waals surface area contributed by atoms with Crippen molar-refractivity contribution in [2.24, 2.45) is 5.92 Å². The van der Waals surface area contributed by atoms with Crippen molar-refractivity contribution in [2.75, 3.05) is 19.8 Å². The maximum Gasteiger partial charge on any atom is 0.315 e. The lowest BCUT2D eigenvalue weighted by Crippen LogP contribution is -2.44. The van der Waals surface area contributed by atoms with E-state index in [4.69, 9.17) is 4.74 Å². The Bertz CT molecular complexity index is 525. The highest BCUT2D eigenvalue weighted by Crippen LogP contribution is 2.24. The monoisotopic (exact) mass is 319 g/mol. The van der Waals surface area contributed by atoms with Gasteiger partial charge in [-0.05, 0) is 37.7 Å². The molecule has 0 radical (unpaired) electrons. The molecule has 2 N–H and O–H groups in total. The van der Waals surface area contributed by atoms with Crippen molar-refractivity contribution >= 4 is 11.9 Å². The third kappa shape index (κ3) is 4.79.